The monoisotopic (exact) mass is 210 g/mol. The Morgan fingerprint density at radius 1 is 1.60 bits per heavy atom. The van der Waals surface area contributed by atoms with Crippen molar-refractivity contribution in [3.63, 3.8) is 0 Å². The number of carbonyl (C=O) groups is 1. The van der Waals surface area contributed by atoms with E-state index in [9.17, 15) is 9.59 Å². The van der Waals surface area contributed by atoms with Gasteiger partial charge in [0.25, 0.3) is 5.56 Å². The standard InChI is InChI=1S/C9H14N4O2/c1-5(2)8(9(10)15)12-6-3-7(14)13-11-4-6/h3-5,8H,1-2H3,(H2,10,15)(H2,12,13,14). The minimum absolute atomic E-state index is 0.0433. The molecule has 6 heteroatoms. The normalized spacial score (nSPS) is 12.5. The maximum atomic E-state index is 11.1. The Kier molecular flexibility index (Phi) is 3.43. The lowest BCUT2D eigenvalue weighted by molar-refractivity contribution is -0.119. The van der Waals surface area contributed by atoms with Crippen molar-refractivity contribution in [3.8, 4) is 0 Å². The number of carbonyl (C=O) groups excluding carboxylic acids is 1. The first kappa shape index (κ1) is 11.2. The summed E-state index contributed by atoms with van der Waals surface area (Å²) in [5.41, 5.74) is 5.37. The van der Waals surface area contributed by atoms with E-state index in [4.69, 9.17) is 5.73 Å². The smallest absolute Gasteiger partial charge is 0.266 e. The molecule has 1 atom stereocenters. The second-order valence-corrected chi connectivity index (χ2v) is 3.60. The van der Waals surface area contributed by atoms with Crippen molar-refractivity contribution >= 4 is 11.6 Å². The molecule has 15 heavy (non-hydrogen) atoms. The van der Waals surface area contributed by atoms with Crippen molar-refractivity contribution in [1.29, 1.82) is 0 Å². The molecule has 0 bridgehead atoms. The van der Waals surface area contributed by atoms with E-state index in [-0.39, 0.29) is 11.5 Å². The molecule has 1 unspecified atom stereocenters. The van der Waals surface area contributed by atoms with Crippen LogP contribution in [0.5, 0.6) is 0 Å². The summed E-state index contributed by atoms with van der Waals surface area (Å²) in [7, 11) is 0. The van der Waals surface area contributed by atoms with E-state index < -0.39 is 11.9 Å². The van der Waals surface area contributed by atoms with Crippen LogP contribution < -0.4 is 16.6 Å². The highest BCUT2D eigenvalue weighted by Gasteiger charge is 2.19. The van der Waals surface area contributed by atoms with Crippen molar-refractivity contribution in [2.24, 2.45) is 11.7 Å². The summed E-state index contributed by atoms with van der Waals surface area (Å²) in [4.78, 5) is 22.0. The molecule has 0 radical (unpaired) electrons. The summed E-state index contributed by atoms with van der Waals surface area (Å²) in [5.74, 6) is -0.410. The van der Waals surface area contributed by atoms with Gasteiger partial charge in [0, 0.05) is 6.07 Å². The molecule has 0 spiro atoms. The number of primary amides is 1. The molecule has 1 rings (SSSR count). The Labute approximate surface area is 86.9 Å². The predicted molar refractivity (Wildman–Crippen MR) is 56.3 cm³/mol. The zero-order chi connectivity index (χ0) is 11.4. The van der Waals surface area contributed by atoms with Crippen molar-refractivity contribution in [1.82, 2.24) is 10.2 Å². The number of amides is 1. The first-order valence-electron chi connectivity index (χ1n) is 4.61. The summed E-state index contributed by atoms with van der Waals surface area (Å²) in [5, 5.41) is 8.71. The van der Waals surface area contributed by atoms with Gasteiger partial charge in [0.2, 0.25) is 5.91 Å². The Morgan fingerprint density at radius 2 is 2.27 bits per heavy atom. The molecule has 1 heterocycles. The largest absolute Gasteiger partial charge is 0.372 e. The lowest BCUT2D eigenvalue weighted by Gasteiger charge is -2.19. The minimum Gasteiger partial charge on any atom is -0.372 e. The van der Waals surface area contributed by atoms with Gasteiger partial charge in [-0.1, -0.05) is 13.8 Å². The zero-order valence-electron chi connectivity index (χ0n) is 8.65. The molecule has 0 fully saturated rings. The first-order valence-corrected chi connectivity index (χ1v) is 4.61. The van der Waals surface area contributed by atoms with Crippen molar-refractivity contribution in [2.75, 3.05) is 5.32 Å². The molecule has 6 nitrogen and oxygen atoms in total. The predicted octanol–water partition coefficient (Wildman–Crippen LogP) is -0.308. The molecule has 1 aromatic rings. The van der Waals surface area contributed by atoms with Crippen LogP contribution in [0.15, 0.2) is 17.1 Å². The van der Waals surface area contributed by atoms with Crippen LogP contribution in [-0.4, -0.2) is 22.1 Å². The van der Waals surface area contributed by atoms with E-state index in [0.29, 0.717) is 5.69 Å². The van der Waals surface area contributed by atoms with Gasteiger partial charge in [-0.15, -0.1) is 0 Å². The maximum Gasteiger partial charge on any atom is 0.266 e. The van der Waals surface area contributed by atoms with Crippen LogP contribution in [0, 0.1) is 5.92 Å². The molecular weight excluding hydrogens is 196 g/mol. The van der Waals surface area contributed by atoms with Crippen molar-refractivity contribution in [3.05, 3.63) is 22.6 Å². The second-order valence-electron chi connectivity index (χ2n) is 3.60. The molecule has 1 amide bonds. The number of nitrogens with two attached hydrogens (primary N) is 1. The number of nitrogens with zero attached hydrogens (tertiary/aromatic N) is 1. The quantitative estimate of drug-likeness (QED) is 0.634. The van der Waals surface area contributed by atoms with Gasteiger partial charge in [0.05, 0.1) is 11.9 Å². The van der Waals surface area contributed by atoms with E-state index in [1.165, 1.54) is 12.3 Å². The van der Waals surface area contributed by atoms with Crippen molar-refractivity contribution in [2.45, 2.75) is 19.9 Å². The van der Waals surface area contributed by atoms with Gasteiger partial charge in [-0.05, 0) is 5.92 Å². The fraction of sp³-hybridized carbons (Fsp3) is 0.444. The Bertz CT molecular complexity index is 399. The highest BCUT2D eigenvalue weighted by atomic mass is 16.1. The van der Waals surface area contributed by atoms with Crippen molar-refractivity contribution < 1.29 is 4.79 Å². The lowest BCUT2D eigenvalue weighted by atomic mass is 10.0. The van der Waals surface area contributed by atoms with Gasteiger partial charge in [-0.25, -0.2) is 5.10 Å². The van der Waals surface area contributed by atoms with Crippen LogP contribution in [0.3, 0.4) is 0 Å². The highest BCUT2D eigenvalue weighted by Crippen LogP contribution is 2.08. The minimum atomic E-state index is -0.506. The number of H-pyrrole nitrogens is 1. The number of hydrogen-bond donors (Lipinski definition) is 3. The van der Waals surface area contributed by atoms with Gasteiger partial charge in [-0.2, -0.15) is 5.10 Å². The number of rotatable bonds is 4. The first-order chi connectivity index (χ1) is 7.00. The highest BCUT2D eigenvalue weighted by molar-refractivity contribution is 5.83. The summed E-state index contributed by atoms with van der Waals surface area (Å²) < 4.78 is 0. The van der Waals surface area contributed by atoms with Gasteiger partial charge >= 0.3 is 0 Å². The molecule has 0 aliphatic carbocycles. The Hall–Kier alpha value is -1.85. The molecule has 82 valence electrons. The third-order valence-electron chi connectivity index (χ3n) is 1.96. The van der Waals surface area contributed by atoms with Gasteiger partial charge < -0.3 is 11.1 Å². The van der Waals surface area contributed by atoms with E-state index in [1.807, 2.05) is 13.8 Å². The van der Waals surface area contributed by atoms with Gasteiger partial charge in [-0.3, -0.25) is 9.59 Å². The summed E-state index contributed by atoms with van der Waals surface area (Å²) in [6.45, 7) is 3.73. The number of nitrogens with one attached hydrogen (secondary N) is 2. The molecular formula is C9H14N4O2. The number of hydrogen-bond acceptors (Lipinski definition) is 4. The summed E-state index contributed by atoms with van der Waals surface area (Å²) in [6, 6.07) is 0.819. The fourth-order valence-electron chi connectivity index (χ4n) is 1.20. The molecule has 0 aromatic carbocycles. The zero-order valence-corrected chi connectivity index (χ0v) is 8.65. The average Bonchev–Trinajstić information content (AvgIpc) is 2.13. The van der Waals surface area contributed by atoms with E-state index in [0.717, 1.165) is 0 Å². The Balaban J connectivity index is 2.83. The van der Waals surface area contributed by atoms with E-state index in [2.05, 4.69) is 15.5 Å². The van der Waals surface area contributed by atoms with Gasteiger partial charge in [0.1, 0.15) is 6.04 Å². The maximum absolute atomic E-state index is 11.1. The van der Waals surface area contributed by atoms with Crippen LogP contribution in [0.25, 0.3) is 0 Å². The molecule has 0 aliphatic rings. The van der Waals surface area contributed by atoms with E-state index >= 15 is 0 Å². The summed E-state index contributed by atoms with van der Waals surface area (Å²) >= 11 is 0. The molecule has 1 aromatic heterocycles. The molecule has 0 aliphatic heterocycles. The van der Waals surface area contributed by atoms with Crippen LogP contribution in [-0.2, 0) is 4.79 Å². The molecule has 0 saturated heterocycles. The third-order valence-corrected chi connectivity index (χ3v) is 1.96. The van der Waals surface area contributed by atoms with Crippen LogP contribution in [0.4, 0.5) is 5.69 Å². The molecule has 0 saturated carbocycles. The topological polar surface area (TPSA) is 101 Å². The van der Waals surface area contributed by atoms with Crippen LogP contribution in [0.1, 0.15) is 13.8 Å². The van der Waals surface area contributed by atoms with Crippen LogP contribution in [0.2, 0.25) is 0 Å². The Morgan fingerprint density at radius 3 is 2.73 bits per heavy atom. The average molecular weight is 210 g/mol. The SMILES string of the molecule is CC(C)C(Nc1cn[nH]c(=O)c1)C(N)=O. The lowest BCUT2D eigenvalue weighted by Crippen LogP contribution is -2.39. The van der Waals surface area contributed by atoms with Gasteiger partial charge in [0.15, 0.2) is 0 Å². The number of anilines is 1. The molecule has 4 N–H and O–H groups in total. The number of aromatic nitrogens is 2. The van der Waals surface area contributed by atoms with E-state index in [1.54, 1.807) is 0 Å². The number of aromatic amines is 1. The van der Waals surface area contributed by atoms with Crippen LogP contribution >= 0.6 is 0 Å². The summed E-state index contributed by atoms with van der Waals surface area (Å²) in [6.07, 6.45) is 1.43. The third kappa shape index (κ3) is 3.08. The fourth-order valence-corrected chi connectivity index (χ4v) is 1.20. The second kappa shape index (κ2) is 4.59.